The third-order valence-corrected chi connectivity index (χ3v) is 3.21. The van der Waals surface area contributed by atoms with E-state index >= 15 is 0 Å². The van der Waals surface area contributed by atoms with E-state index in [1.54, 1.807) is 6.92 Å². The molecule has 0 fully saturated rings. The maximum atomic E-state index is 10.9. The molecular weight excluding hydrogens is 354 g/mol. The molecule has 0 atom stereocenters. The van der Waals surface area contributed by atoms with Gasteiger partial charge in [-0.2, -0.15) is 0 Å². The Hall–Kier alpha value is -0.620. The Morgan fingerprint density at radius 1 is 1.41 bits per heavy atom. The summed E-state index contributed by atoms with van der Waals surface area (Å²) < 4.78 is 6.19. The highest BCUT2D eigenvalue weighted by atomic mass is 79.9. The minimum Gasteiger partial charge on any atom is -0.487 e. The molecule has 1 rings (SSSR count). The number of unbranched alkanes of at least 4 members (excludes halogenated alkanes) is 1. The lowest BCUT2D eigenvalue weighted by molar-refractivity contribution is -0.386. The van der Waals surface area contributed by atoms with Crippen molar-refractivity contribution >= 4 is 37.5 Å². The second-order valence-corrected chi connectivity index (χ2v) is 5.28. The number of alkyl halides is 1. The van der Waals surface area contributed by atoms with Gasteiger partial charge in [-0.25, -0.2) is 0 Å². The molecule has 0 saturated heterocycles. The molecule has 0 aromatic heterocycles. The molecule has 17 heavy (non-hydrogen) atoms. The van der Waals surface area contributed by atoms with E-state index in [0.717, 1.165) is 23.7 Å². The van der Waals surface area contributed by atoms with Gasteiger partial charge in [0.05, 0.1) is 11.5 Å². The predicted molar refractivity (Wildman–Crippen MR) is 74.1 cm³/mol. The molecule has 0 aliphatic heterocycles. The molecule has 0 radical (unpaired) electrons. The van der Waals surface area contributed by atoms with E-state index in [0.29, 0.717) is 16.8 Å². The summed E-state index contributed by atoms with van der Waals surface area (Å²) >= 11 is 6.57. The SMILES string of the molecule is Cc1cc(Br)cc([N+](=O)[O-])c1OCCCCBr. The van der Waals surface area contributed by atoms with Crippen LogP contribution in [0, 0.1) is 17.0 Å². The fourth-order valence-electron chi connectivity index (χ4n) is 1.41. The molecular formula is C11H13Br2NO3. The van der Waals surface area contributed by atoms with Gasteiger partial charge in [0.1, 0.15) is 0 Å². The van der Waals surface area contributed by atoms with Crippen molar-refractivity contribution in [3.8, 4) is 5.75 Å². The molecule has 0 unspecified atom stereocenters. The molecule has 0 N–H and O–H groups in total. The zero-order valence-electron chi connectivity index (χ0n) is 9.41. The van der Waals surface area contributed by atoms with Crippen LogP contribution in [0.15, 0.2) is 16.6 Å². The second kappa shape index (κ2) is 6.96. The Morgan fingerprint density at radius 3 is 2.71 bits per heavy atom. The molecule has 0 aliphatic carbocycles. The van der Waals surface area contributed by atoms with Crippen LogP contribution in [0.1, 0.15) is 18.4 Å². The minimum absolute atomic E-state index is 0.00992. The highest BCUT2D eigenvalue weighted by Gasteiger charge is 2.18. The second-order valence-electron chi connectivity index (χ2n) is 3.57. The normalized spacial score (nSPS) is 10.3. The van der Waals surface area contributed by atoms with Crippen molar-refractivity contribution in [1.82, 2.24) is 0 Å². The van der Waals surface area contributed by atoms with E-state index in [2.05, 4.69) is 31.9 Å². The monoisotopic (exact) mass is 365 g/mol. The topological polar surface area (TPSA) is 52.4 Å². The van der Waals surface area contributed by atoms with E-state index in [-0.39, 0.29) is 5.69 Å². The first-order valence-electron chi connectivity index (χ1n) is 5.19. The molecule has 0 saturated carbocycles. The number of benzene rings is 1. The fourth-order valence-corrected chi connectivity index (χ4v) is 2.36. The molecule has 6 heteroatoms. The van der Waals surface area contributed by atoms with Gasteiger partial charge in [-0.15, -0.1) is 0 Å². The van der Waals surface area contributed by atoms with Gasteiger partial charge in [0, 0.05) is 15.9 Å². The number of ether oxygens (including phenoxy) is 1. The van der Waals surface area contributed by atoms with Crippen LogP contribution in [0.25, 0.3) is 0 Å². The van der Waals surface area contributed by atoms with Gasteiger partial charge < -0.3 is 4.74 Å². The van der Waals surface area contributed by atoms with Crippen LogP contribution in [-0.2, 0) is 0 Å². The van der Waals surface area contributed by atoms with Gasteiger partial charge in [-0.1, -0.05) is 31.9 Å². The average Bonchev–Trinajstić information content (AvgIpc) is 2.25. The maximum Gasteiger partial charge on any atom is 0.312 e. The largest absolute Gasteiger partial charge is 0.487 e. The Kier molecular flexibility index (Phi) is 5.91. The molecule has 0 spiro atoms. The van der Waals surface area contributed by atoms with E-state index in [4.69, 9.17) is 4.74 Å². The van der Waals surface area contributed by atoms with Crippen LogP contribution in [0.4, 0.5) is 5.69 Å². The van der Waals surface area contributed by atoms with Crippen molar-refractivity contribution in [3.05, 3.63) is 32.3 Å². The summed E-state index contributed by atoms with van der Waals surface area (Å²) in [5.74, 6) is 0.368. The molecule has 0 aliphatic rings. The Morgan fingerprint density at radius 2 is 2.12 bits per heavy atom. The predicted octanol–water partition coefficient (Wildman–Crippen LogP) is 4.22. The number of hydrogen-bond donors (Lipinski definition) is 0. The van der Waals surface area contributed by atoms with Crippen molar-refractivity contribution in [1.29, 1.82) is 0 Å². The fraction of sp³-hybridized carbons (Fsp3) is 0.455. The summed E-state index contributed by atoms with van der Waals surface area (Å²) in [6, 6.07) is 3.28. The van der Waals surface area contributed by atoms with Gasteiger partial charge in [0.15, 0.2) is 5.75 Å². The lowest BCUT2D eigenvalue weighted by Crippen LogP contribution is -2.02. The number of halogens is 2. The lowest BCUT2D eigenvalue weighted by Gasteiger charge is -2.09. The quantitative estimate of drug-likeness (QED) is 0.328. The van der Waals surface area contributed by atoms with Crippen LogP contribution in [0.3, 0.4) is 0 Å². The van der Waals surface area contributed by atoms with Crippen molar-refractivity contribution in [3.63, 3.8) is 0 Å². The lowest BCUT2D eigenvalue weighted by atomic mass is 10.2. The first-order valence-corrected chi connectivity index (χ1v) is 7.11. The Bertz CT molecular complexity index is 410. The number of aryl methyl sites for hydroxylation is 1. The average molecular weight is 367 g/mol. The van der Waals surface area contributed by atoms with Crippen LogP contribution >= 0.6 is 31.9 Å². The van der Waals surface area contributed by atoms with Crippen molar-refractivity contribution < 1.29 is 9.66 Å². The van der Waals surface area contributed by atoms with E-state index in [1.807, 2.05) is 6.07 Å². The molecule has 1 aromatic rings. The molecule has 1 aromatic carbocycles. The van der Waals surface area contributed by atoms with Gasteiger partial charge in [-0.05, 0) is 31.4 Å². The van der Waals surface area contributed by atoms with Gasteiger partial charge >= 0.3 is 5.69 Å². The van der Waals surface area contributed by atoms with Crippen molar-refractivity contribution in [2.45, 2.75) is 19.8 Å². The highest BCUT2D eigenvalue weighted by Crippen LogP contribution is 2.34. The number of hydrogen-bond acceptors (Lipinski definition) is 3. The summed E-state index contributed by atoms with van der Waals surface area (Å²) in [7, 11) is 0. The number of rotatable bonds is 6. The third kappa shape index (κ3) is 4.27. The molecule has 4 nitrogen and oxygen atoms in total. The van der Waals surface area contributed by atoms with Crippen molar-refractivity contribution in [2.24, 2.45) is 0 Å². The van der Waals surface area contributed by atoms with Crippen LogP contribution in [-0.4, -0.2) is 16.9 Å². The van der Waals surface area contributed by atoms with E-state index in [1.165, 1.54) is 6.07 Å². The molecule has 0 amide bonds. The van der Waals surface area contributed by atoms with E-state index in [9.17, 15) is 10.1 Å². The minimum atomic E-state index is -0.419. The Labute approximate surface area is 117 Å². The first kappa shape index (κ1) is 14.4. The number of nitro groups is 1. The van der Waals surface area contributed by atoms with Crippen LogP contribution < -0.4 is 4.74 Å². The number of nitro benzene ring substituents is 1. The van der Waals surface area contributed by atoms with Crippen LogP contribution in [0.5, 0.6) is 5.75 Å². The molecule has 0 heterocycles. The summed E-state index contributed by atoms with van der Waals surface area (Å²) in [5, 5.41) is 11.8. The highest BCUT2D eigenvalue weighted by molar-refractivity contribution is 9.10. The zero-order valence-corrected chi connectivity index (χ0v) is 12.6. The smallest absolute Gasteiger partial charge is 0.312 e. The van der Waals surface area contributed by atoms with Gasteiger partial charge in [-0.3, -0.25) is 10.1 Å². The zero-order chi connectivity index (χ0) is 12.8. The van der Waals surface area contributed by atoms with Gasteiger partial charge in [0.25, 0.3) is 0 Å². The molecule has 0 bridgehead atoms. The molecule has 94 valence electrons. The van der Waals surface area contributed by atoms with Crippen LogP contribution in [0.2, 0.25) is 0 Å². The summed E-state index contributed by atoms with van der Waals surface area (Å²) in [6.07, 6.45) is 1.86. The number of nitrogens with zero attached hydrogens (tertiary/aromatic N) is 1. The maximum absolute atomic E-state index is 10.9. The first-order chi connectivity index (χ1) is 8.06. The summed E-state index contributed by atoms with van der Waals surface area (Å²) in [6.45, 7) is 2.30. The van der Waals surface area contributed by atoms with Gasteiger partial charge in [0.2, 0.25) is 0 Å². The summed E-state index contributed by atoms with van der Waals surface area (Å²) in [5.41, 5.74) is 0.778. The Balaban J connectivity index is 2.85. The third-order valence-electron chi connectivity index (χ3n) is 2.19. The summed E-state index contributed by atoms with van der Waals surface area (Å²) in [4.78, 5) is 10.5. The van der Waals surface area contributed by atoms with Crippen molar-refractivity contribution in [2.75, 3.05) is 11.9 Å². The van der Waals surface area contributed by atoms with E-state index < -0.39 is 4.92 Å². The standard InChI is InChI=1S/C11H13Br2NO3/c1-8-6-9(13)7-10(14(15)16)11(8)17-5-3-2-4-12/h6-7H,2-5H2,1H3.